The maximum absolute atomic E-state index is 5.78. The van der Waals surface area contributed by atoms with Crippen LogP contribution in [0.4, 0.5) is 0 Å². The fourth-order valence-electron chi connectivity index (χ4n) is 0.955. The molecule has 1 atom stereocenters. The third-order valence-corrected chi connectivity index (χ3v) is 1.66. The van der Waals surface area contributed by atoms with Gasteiger partial charge in [-0.25, -0.2) is 0 Å². The summed E-state index contributed by atoms with van der Waals surface area (Å²) in [6.45, 7) is 4.24. The molecule has 0 aliphatic heterocycles. The van der Waals surface area contributed by atoms with Crippen LogP contribution in [-0.4, -0.2) is 18.8 Å². The summed E-state index contributed by atoms with van der Waals surface area (Å²) in [6, 6.07) is 0.185. The first-order valence-electron chi connectivity index (χ1n) is 3.97. The molecule has 0 heterocycles. The third-order valence-electron chi connectivity index (χ3n) is 1.66. The first-order chi connectivity index (χ1) is 4.76. The van der Waals surface area contributed by atoms with Gasteiger partial charge in [0.1, 0.15) is 0 Å². The van der Waals surface area contributed by atoms with Crippen LogP contribution in [0.15, 0.2) is 4.99 Å². The predicted octanol–water partition coefficient (Wildman–Crippen LogP) is 1.59. The minimum absolute atomic E-state index is 0.185. The van der Waals surface area contributed by atoms with Crippen molar-refractivity contribution in [3.05, 3.63) is 0 Å². The summed E-state index contributed by atoms with van der Waals surface area (Å²) < 4.78 is 0. The van der Waals surface area contributed by atoms with Crippen molar-refractivity contribution in [1.29, 1.82) is 0 Å². The minimum Gasteiger partial charge on any atom is -0.323 e. The van der Waals surface area contributed by atoms with E-state index >= 15 is 0 Å². The Morgan fingerprint density at radius 2 is 2.10 bits per heavy atom. The Bertz CT molecular complexity index is 108. The van der Waals surface area contributed by atoms with Crippen LogP contribution in [-0.2, 0) is 0 Å². The highest BCUT2D eigenvalue weighted by Gasteiger charge is 2.05. The normalized spacial score (nSPS) is 15.4. The zero-order valence-electron chi connectivity index (χ0n) is 7.22. The van der Waals surface area contributed by atoms with Gasteiger partial charge >= 0.3 is 0 Å². The van der Waals surface area contributed by atoms with Crippen LogP contribution in [0.5, 0.6) is 0 Å². The molecule has 0 aliphatic carbocycles. The predicted molar refractivity (Wildman–Crippen MR) is 46.5 cm³/mol. The molecule has 0 saturated carbocycles. The van der Waals surface area contributed by atoms with Crippen LogP contribution < -0.4 is 5.73 Å². The van der Waals surface area contributed by atoms with Gasteiger partial charge in [-0.2, -0.15) is 0 Å². The molecule has 0 fully saturated rings. The third kappa shape index (κ3) is 2.97. The smallest absolute Gasteiger partial charge is 0.0423 e. The molecule has 1 unspecified atom stereocenters. The maximum Gasteiger partial charge on any atom is 0.0423 e. The lowest BCUT2D eigenvalue weighted by Gasteiger charge is -2.10. The van der Waals surface area contributed by atoms with Crippen molar-refractivity contribution < 1.29 is 0 Å². The number of nitrogens with two attached hydrogens (primary N) is 1. The summed E-state index contributed by atoms with van der Waals surface area (Å²) >= 11 is 0. The lowest BCUT2D eigenvalue weighted by molar-refractivity contribution is 0.787. The molecule has 2 nitrogen and oxygen atoms in total. The summed E-state index contributed by atoms with van der Waals surface area (Å²) in [5, 5.41) is 0. The van der Waals surface area contributed by atoms with Crippen molar-refractivity contribution in [3.63, 3.8) is 0 Å². The van der Waals surface area contributed by atoms with Crippen molar-refractivity contribution in [2.75, 3.05) is 7.05 Å². The molecule has 0 bridgehead atoms. The molecular weight excluding hydrogens is 124 g/mol. The first kappa shape index (κ1) is 9.63. The standard InChI is InChI=1S/C8H18N2/c1-4-6-8(10-3)7(9)5-2/h7H,4-6,9H2,1-3H3. The van der Waals surface area contributed by atoms with E-state index in [4.69, 9.17) is 5.73 Å². The average Bonchev–Trinajstić information content (AvgIpc) is 1.99. The van der Waals surface area contributed by atoms with Crippen LogP contribution >= 0.6 is 0 Å². The van der Waals surface area contributed by atoms with Crippen molar-refractivity contribution >= 4 is 5.71 Å². The molecule has 0 aromatic heterocycles. The highest BCUT2D eigenvalue weighted by molar-refractivity contribution is 5.89. The second kappa shape index (κ2) is 5.42. The highest BCUT2D eigenvalue weighted by Crippen LogP contribution is 1.98. The molecule has 10 heavy (non-hydrogen) atoms. The Morgan fingerprint density at radius 1 is 1.50 bits per heavy atom. The molecule has 60 valence electrons. The summed E-state index contributed by atoms with van der Waals surface area (Å²) in [7, 11) is 1.82. The summed E-state index contributed by atoms with van der Waals surface area (Å²) in [5.41, 5.74) is 6.94. The van der Waals surface area contributed by atoms with Crippen molar-refractivity contribution in [3.8, 4) is 0 Å². The minimum atomic E-state index is 0.185. The van der Waals surface area contributed by atoms with Crippen molar-refractivity contribution in [2.45, 2.75) is 39.2 Å². The molecule has 0 spiro atoms. The van der Waals surface area contributed by atoms with E-state index in [-0.39, 0.29) is 6.04 Å². The van der Waals surface area contributed by atoms with Crippen molar-refractivity contribution in [2.24, 2.45) is 10.7 Å². The van der Waals surface area contributed by atoms with Gasteiger partial charge in [-0.1, -0.05) is 20.3 Å². The zero-order chi connectivity index (χ0) is 7.98. The number of hydrogen-bond acceptors (Lipinski definition) is 2. The van der Waals surface area contributed by atoms with E-state index in [1.54, 1.807) is 0 Å². The fraction of sp³-hybridized carbons (Fsp3) is 0.875. The largest absolute Gasteiger partial charge is 0.323 e. The average molecular weight is 142 g/mol. The van der Waals surface area contributed by atoms with Gasteiger partial charge in [0.2, 0.25) is 0 Å². The first-order valence-corrected chi connectivity index (χ1v) is 3.97. The quantitative estimate of drug-likeness (QED) is 0.595. The molecule has 0 rings (SSSR count). The molecule has 0 radical (unpaired) electrons. The number of aliphatic imine (C=N–C) groups is 1. The van der Waals surface area contributed by atoms with E-state index in [9.17, 15) is 0 Å². The van der Waals surface area contributed by atoms with Gasteiger partial charge in [0.05, 0.1) is 0 Å². The van der Waals surface area contributed by atoms with E-state index in [2.05, 4.69) is 18.8 Å². The van der Waals surface area contributed by atoms with E-state index < -0.39 is 0 Å². The lowest BCUT2D eigenvalue weighted by atomic mass is 10.1. The zero-order valence-corrected chi connectivity index (χ0v) is 7.22. The Hall–Kier alpha value is -0.370. The second-order valence-corrected chi connectivity index (χ2v) is 2.48. The molecule has 0 aromatic rings. The summed E-state index contributed by atoms with van der Waals surface area (Å²) in [4.78, 5) is 4.14. The van der Waals surface area contributed by atoms with E-state index in [1.165, 1.54) is 0 Å². The topological polar surface area (TPSA) is 38.4 Å². The molecular formula is C8H18N2. The maximum atomic E-state index is 5.78. The number of nitrogens with zero attached hydrogens (tertiary/aromatic N) is 1. The van der Waals surface area contributed by atoms with Gasteiger partial charge in [-0.05, 0) is 12.8 Å². The van der Waals surface area contributed by atoms with Crippen LogP contribution in [0.3, 0.4) is 0 Å². The molecule has 0 amide bonds. The molecule has 0 aromatic carbocycles. The fourth-order valence-corrected chi connectivity index (χ4v) is 0.955. The van der Waals surface area contributed by atoms with Crippen LogP contribution in [0, 0.1) is 0 Å². The van der Waals surface area contributed by atoms with Gasteiger partial charge in [-0.3, -0.25) is 4.99 Å². The van der Waals surface area contributed by atoms with E-state index in [1.807, 2.05) is 7.05 Å². The van der Waals surface area contributed by atoms with Gasteiger partial charge in [-0.15, -0.1) is 0 Å². The Balaban J connectivity index is 3.82. The number of hydrogen-bond donors (Lipinski definition) is 1. The second-order valence-electron chi connectivity index (χ2n) is 2.48. The Kier molecular flexibility index (Phi) is 5.22. The van der Waals surface area contributed by atoms with Gasteiger partial charge in [0.25, 0.3) is 0 Å². The van der Waals surface area contributed by atoms with Gasteiger partial charge in [0, 0.05) is 18.8 Å². The van der Waals surface area contributed by atoms with Crippen LogP contribution in [0.25, 0.3) is 0 Å². The van der Waals surface area contributed by atoms with Crippen molar-refractivity contribution in [1.82, 2.24) is 0 Å². The van der Waals surface area contributed by atoms with Crippen LogP contribution in [0.2, 0.25) is 0 Å². The van der Waals surface area contributed by atoms with Gasteiger partial charge in [0.15, 0.2) is 0 Å². The molecule has 0 aliphatic rings. The van der Waals surface area contributed by atoms with Gasteiger partial charge < -0.3 is 5.73 Å². The SMILES string of the molecule is CCCC(=NC)C(N)CC. The molecule has 2 heteroatoms. The Morgan fingerprint density at radius 3 is 2.40 bits per heavy atom. The van der Waals surface area contributed by atoms with E-state index in [0.29, 0.717) is 0 Å². The summed E-state index contributed by atoms with van der Waals surface area (Å²) in [6.07, 6.45) is 3.18. The Labute approximate surface area is 63.5 Å². The van der Waals surface area contributed by atoms with Crippen LogP contribution in [0.1, 0.15) is 33.1 Å². The monoisotopic (exact) mass is 142 g/mol. The van der Waals surface area contributed by atoms with E-state index in [0.717, 1.165) is 25.0 Å². The molecule has 0 saturated heterocycles. The highest BCUT2D eigenvalue weighted by atomic mass is 14.8. The molecule has 2 N–H and O–H groups in total. The lowest BCUT2D eigenvalue weighted by Crippen LogP contribution is -2.29. The number of rotatable bonds is 4. The summed E-state index contributed by atoms with van der Waals surface area (Å²) in [5.74, 6) is 0.